The van der Waals surface area contributed by atoms with E-state index in [9.17, 15) is 4.39 Å². The molecule has 2 aromatic carbocycles. The third-order valence-electron chi connectivity index (χ3n) is 2.17. The summed E-state index contributed by atoms with van der Waals surface area (Å²) in [4.78, 5) is 0. The Morgan fingerprint density at radius 1 is 1.00 bits per heavy atom. The van der Waals surface area contributed by atoms with Crippen molar-refractivity contribution in [2.75, 3.05) is 5.73 Å². The van der Waals surface area contributed by atoms with Gasteiger partial charge in [-0.2, -0.15) is 0 Å². The van der Waals surface area contributed by atoms with Gasteiger partial charge in [-0.25, -0.2) is 4.39 Å². The van der Waals surface area contributed by atoms with Gasteiger partial charge in [-0.3, -0.25) is 0 Å². The molecule has 0 heterocycles. The van der Waals surface area contributed by atoms with Gasteiger partial charge in [-0.1, -0.05) is 24.3 Å². The fraction of sp³-hybridized carbons (Fsp3) is 0. The summed E-state index contributed by atoms with van der Waals surface area (Å²) in [5, 5.41) is 0. The second-order valence-electron chi connectivity index (χ2n) is 3.22. The van der Waals surface area contributed by atoms with Crippen molar-refractivity contribution in [3.8, 4) is 11.1 Å². The van der Waals surface area contributed by atoms with Crippen LogP contribution >= 0.6 is 15.9 Å². The molecular formula is C12H9BrFN. The number of halogens is 2. The maximum absolute atomic E-state index is 13.7. The number of anilines is 1. The molecule has 0 aromatic heterocycles. The monoisotopic (exact) mass is 265 g/mol. The van der Waals surface area contributed by atoms with Crippen molar-refractivity contribution in [2.24, 2.45) is 0 Å². The van der Waals surface area contributed by atoms with Crippen LogP contribution in [0.25, 0.3) is 11.1 Å². The largest absolute Gasteiger partial charge is 0.399 e. The zero-order valence-electron chi connectivity index (χ0n) is 7.87. The molecule has 0 saturated heterocycles. The molecule has 0 saturated carbocycles. The van der Waals surface area contributed by atoms with Crippen LogP contribution in [0, 0.1) is 5.82 Å². The molecule has 0 spiro atoms. The molecule has 0 bridgehead atoms. The minimum Gasteiger partial charge on any atom is -0.399 e. The highest BCUT2D eigenvalue weighted by molar-refractivity contribution is 9.10. The van der Waals surface area contributed by atoms with E-state index < -0.39 is 0 Å². The van der Waals surface area contributed by atoms with E-state index in [0.29, 0.717) is 15.7 Å². The van der Waals surface area contributed by atoms with Crippen molar-refractivity contribution >= 4 is 21.6 Å². The lowest BCUT2D eigenvalue weighted by Gasteiger charge is -2.04. The summed E-state index contributed by atoms with van der Waals surface area (Å²) >= 11 is 3.16. The van der Waals surface area contributed by atoms with Gasteiger partial charge in [-0.05, 0) is 39.7 Å². The number of hydrogen-bond acceptors (Lipinski definition) is 1. The molecule has 2 N–H and O–H groups in total. The molecule has 0 fully saturated rings. The van der Waals surface area contributed by atoms with Crippen LogP contribution in [0.1, 0.15) is 0 Å². The molecule has 2 rings (SSSR count). The van der Waals surface area contributed by atoms with E-state index in [1.165, 1.54) is 0 Å². The van der Waals surface area contributed by atoms with E-state index in [4.69, 9.17) is 5.73 Å². The summed E-state index contributed by atoms with van der Waals surface area (Å²) in [6.07, 6.45) is 0. The Hall–Kier alpha value is -1.35. The van der Waals surface area contributed by atoms with Crippen molar-refractivity contribution in [3.63, 3.8) is 0 Å². The highest BCUT2D eigenvalue weighted by atomic mass is 79.9. The molecule has 76 valence electrons. The van der Waals surface area contributed by atoms with Gasteiger partial charge in [0.05, 0.1) is 4.47 Å². The molecule has 0 radical (unpaired) electrons. The molecule has 15 heavy (non-hydrogen) atoms. The highest BCUT2D eigenvalue weighted by Gasteiger charge is 2.07. The van der Waals surface area contributed by atoms with Crippen molar-refractivity contribution in [1.82, 2.24) is 0 Å². The Bertz CT molecular complexity index is 479. The van der Waals surface area contributed by atoms with Crippen LogP contribution in [0.2, 0.25) is 0 Å². The summed E-state index contributed by atoms with van der Waals surface area (Å²) in [6.45, 7) is 0. The average Bonchev–Trinajstić information content (AvgIpc) is 2.24. The van der Waals surface area contributed by atoms with Crippen LogP contribution < -0.4 is 5.73 Å². The van der Waals surface area contributed by atoms with E-state index >= 15 is 0 Å². The lowest BCUT2D eigenvalue weighted by molar-refractivity contribution is 0.624. The standard InChI is InChI=1S/C12H9BrFN/c13-11-3-1-2-10(12(11)14)8-4-6-9(15)7-5-8/h1-7H,15H2. The van der Waals surface area contributed by atoms with Crippen LogP contribution in [-0.2, 0) is 0 Å². The van der Waals surface area contributed by atoms with Crippen LogP contribution in [-0.4, -0.2) is 0 Å². The average molecular weight is 266 g/mol. The first-order valence-corrected chi connectivity index (χ1v) is 5.28. The Morgan fingerprint density at radius 2 is 1.67 bits per heavy atom. The molecule has 0 aliphatic rings. The summed E-state index contributed by atoms with van der Waals surface area (Å²) in [5.74, 6) is -0.248. The maximum atomic E-state index is 13.7. The number of rotatable bonds is 1. The molecule has 3 heteroatoms. The Kier molecular flexibility index (Phi) is 2.73. The Balaban J connectivity index is 2.54. The molecule has 0 aliphatic carbocycles. The topological polar surface area (TPSA) is 26.0 Å². The smallest absolute Gasteiger partial charge is 0.145 e. The first-order chi connectivity index (χ1) is 7.18. The Morgan fingerprint density at radius 3 is 2.33 bits per heavy atom. The SMILES string of the molecule is Nc1ccc(-c2cccc(Br)c2F)cc1. The molecule has 0 amide bonds. The van der Waals surface area contributed by atoms with Gasteiger partial charge in [0.1, 0.15) is 5.82 Å². The first-order valence-electron chi connectivity index (χ1n) is 4.48. The highest BCUT2D eigenvalue weighted by Crippen LogP contribution is 2.28. The van der Waals surface area contributed by atoms with E-state index in [1.807, 2.05) is 0 Å². The zero-order chi connectivity index (χ0) is 10.8. The van der Waals surface area contributed by atoms with Crippen LogP contribution in [0.5, 0.6) is 0 Å². The quantitative estimate of drug-likeness (QED) is 0.780. The third kappa shape index (κ3) is 2.02. The van der Waals surface area contributed by atoms with E-state index in [-0.39, 0.29) is 5.82 Å². The zero-order valence-corrected chi connectivity index (χ0v) is 9.46. The molecule has 0 aliphatic heterocycles. The number of nitrogens with two attached hydrogens (primary N) is 1. The van der Waals surface area contributed by atoms with E-state index in [0.717, 1.165) is 5.56 Å². The summed E-state index contributed by atoms with van der Waals surface area (Å²) in [5.41, 5.74) is 7.64. The molecule has 0 atom stereocenters. The number of benzene rings is 2. The normalized spacial score (nSPS) is 10.3. The minimum atomic E-state index is -0.248. The lowest BCUT2D eigenvalue weighted by atomic mass is 10.1. The number of hydrogen-bond donors (Lipinski definition) is 1. The van der Waals surface area contributed by atoms with Crippen LogP contribution in [0.15, 0.2) is 46.9 Å². The van der Waals surface area contributed by atoms with E-state index in [2.05, 4.69) is 15.9 Å². The van der Waals surface area contributed by atoms with Crippen molar-refractivity contribution in [3.05, 3.63) is 52.8 Å². The summed E-state index contributed by atoms with van der Waals surface area (Å²) in [6, 6.07) is 12.4. The Labute approximate surface area is 95.9 Å². The van der Waals surface area contributed by atoms with Gasteiger partial charge in [-0.15, -0.1) is 0 Å². The molecule has 1 nitrogen and oxygen atoms in total. The van der Waals surface area contributed by atoms with Gasteiger partial charge in [0.15, 0.2) is 0 Å². The summed E-state index contributed by atoms with van der Waals surface area (Å²) in [7, 11) is 0. The van der Waals surface area contributed by atoms with E-state index in [1.54, 1.807) is 42.5 Å². The maximum Gasteiger partial charge on any atom is 0.145 e. The predicted molar refractivity (Wildman–Crippen MR) is 63.9 cm³/mol. The van der Waals surface area contributed by atoms with Gasteiger partial charge in [0.25, 0.3) is 0 Å². The van der Waals surface area contributed by atoms with Gasteiger partial charge in [0, 0.05) is 11.3 Å². The summed E-state index contributed by atoms with van der Waals surface area (Å²) < 4.78 is 14.2. The fourth-order valence-corrected chi connectivity index (χ4v) is 1.76. The first kappa shape index (κ1) is 10.2. The second kappa shape index (κ2) is 4.03. The molecule has 0 unspecified atom stereocenters. The van der Waals surface area contributed by atoms with Crippen LogP contribution in [0.3, 0.4) is 0 Å². The van der Waals surface area contributed by atoms with Crippen molar-refractivity contribution in [1.29, 1.82) is 0 Å². The fourth-order valence-electron chi connectivity index (χ4n) is 1.39. The molecular weight excluding hydrogens is 257 g/mol. The van der Waals surface area contributed by atoms with Gasteiger partial charge in [0.2, 0.25) is 0 Å². The predicted octanol–water partition coefficient (Wildman–Crippen LogP) is 3.84. The molecule has 2 aromatic rings. The second-order valence-corrected chi connectivity index (χ2v) is 4.08. The third-order valence-corrected chi connectivity index (χ3v) is 2.79. The van der Waals surface area contributed by atoms with Gasteiger partial charge < -0.3 is 5.73 Å². The number of nitrogen functional groups attached to an aromatic ring is 1. The van der Waals surface area contributed by atoms with Crippen LogP contribution in [0.4, 0.5) is 10.1 Å². The minimum absolute atomic E-state index is 0.248. The van der Waals surface area contributed by atoms with Crippen molar-refractivity contribution in [2.45, 2.75) is 0 Å². The van der Waals surface area contributed by atoms with Gasteiger partial charge >= 0.3 is 0 Å². The van der Waals surface area contributed by atoms with Crippen molar-refractivity contribution < 1.29 is 4.39 Å². The lowest BCUT2D eigenvalue weighted by Crippen LogP contribution is -1.87.